The fourth-order valence-electron chi connectivity index (χ4n) is 3.84. The van der Waals surface area contributed by atoms with Crippen LogP contribution in [0.5, 0.6) is 0 Å². The second kappa shape index (κ2) is 9.18. The molecule has 3 atom stereocenters. The molecule has 5 heteroatoms. The SMILES string of the molecule is CNC(=O)C1CCC2C(=O)N(/C(C)=C/C=C(C)/C(C)=C/C=C(C)C)C(=O)C2C1. The third-order valence-electron chi connectivity index (χ3n) is 5.76. The molecule has 5 nitrogen and oxygen atoms in total. The topological polar surface area (TPSA) is 66.5 Å². The van der Waals surface area contributed by atoms with Crippen LogP contribution in [-0.4, -0.2) is 29.7 Å². The maximum Gasteiger partial charge on any atom is 0.237 e. The Morgan fingerprint density at radius 3 is 2.04 bits per heavy atom. The van der Waals surface area contributed by atoms with Crippen molar-refractivity contribution in [2.24, 2.45) is 17.8 Å². The van der Waals surface area contributed by atoms with E-state index in [4.69, 9.17) is 0 Å². The summed E-state index contributed by atoms with van der Waals surface area (Å²) in [4.78, 5) is 39.0. The number of nitrogens with zero attached hydrogens (tertiary/aromatic N) is 1. The molecule has 1 heterocycles. The summed E-state index contributed by atoms with van der Waals surface area (Å²) in [5.41, 5.74) is 4.07. The molecule has 0 aromatic rings. The van der Waals surface area contributed by atoms with E-state index in [-0.39, 0.29) is 35.5 Å². The lowest BCUT2D eigenvalue weighted by molar-refractivity contribution is -0.137. The zero-order chi connectivity index (χ0) is 21.0. The summed E-state index contributed by atoms with van der Waals surface area (Å²) in [6.07, 6.45) is 9.60. The van der Waals surface area contributed by atoms with E-state index in [0.717, 1.165) is 11.1 Å². The Bertz CT molecular complexity index is 782. The van der Waals surface area contributed by atoms with Gasteiger partial charge in [-0.25, -0.2) is 0 Å². The van der Waals surface area contributed by atoms with Gasteiger partial charge in [0.15, 0.2) is 0 Å². The molecule has 0 radical (unpaired) electrons. The number of allylic oxidation sites excluding steroid dienone is 8. The van der Waals surface area contributed by atoms with E-state index >= 15 is 0 Å². The van der Waals surface area contributed by atoms with Gasteiger partial charge in [-0.15, -0.1) is 0 Å². The number of hydrogen-bond donors (Lipinski definition) is 1. The summed E-state index contributed by atoms with van der Waals surface area (Å²) in [7, 11) is 1.61. The van der Waals surface area contributed by atoms with E-state index in [0.29, 0.717) is 25.0 Å². The Kier molecular flexibility index (Phi) is 7.17. The smallest absolute Gasteiger partial charge is 0.237 e. The molecule has 1 saturated heterocycles. The van der Waals surface area contributed by atoms with Crippen LogP contribution >= 0.6 is 0 Å². The minimum Gasteiger partial charge on any atom is -0.359 e. The molecule has 1 N–H and O–H groups in total. The second-order valence-corrected chi connectivity index (χ2v) is 8.10. The normalized spacial score (nSPS) is 26.3. The van der Waals surface area contributed by atoms with Crippen molar-refractivity contribution in [1.29, 1.82) is 0 Å². The van der Waals surface area contributed by atoms with Crippen molar-refractivity contribution in [1.82, 2.24) is 10.2 Å². The number of carbonyl (C=O) groups excluding carboxylic acids is 3. The van der Waals surface area contributed by atoms with Crippen LogP contribution in [0.2, 0.25) is 0 Å². The van der Waals surface area contributed by atoms with Gasteiger partial charge in [0.2, 0.25) is 17.7 Å². The van der Waals surface area contributed by atoms with Crippen molar-refractivity contribution in [3.8, 4) is 0 Å². The van der Waals surface area contributed by atoms with Crippen LogP contribution in [-0.2, 0) is 14.4 Å². The largest absolute Gasteiger partial charge is 0.359 e. The number of hydrogen-bond acceptors (Lipinski definition) is 3. The molecule has 3 unspecified atom stereocenters. The minimum atomic E-state index is -0.378. The Hall–Kier alpha value is -2.43. The van der Waals surface area contributed by atoms with Gasteiger partial charge in [-0.2, -0.15) is 0 Å². The molecule has 1 aliphatic heterocycles. The first-order chi connectivity index (χ1) is 13.2. The number of nitrogens with one attached hydrogen (secondary N) is 1. The van der Waals surface area contributed by atoms with E-state index in [2.05, 4.69) is 17.5 Å². The zero-order valence-electron chi connectivity index (χ0n) is 17.8. The molecular weight excluding hydrogens is 352 g/mol. The Morgan fingerprint density at radius 1 is 0.893 bits per heavy atom. The van der Waals surface area contributed by atoms with Gasteiger partial charge in [0.1, 0.15) is 0 Å². The van der Waals surface area contributed by atoms with Gasteiger partial charge in [-0.05, 0) is 71.1 Å². The lowest BCUT2D eigenvalue weighted by Crippen LogP contribution is -2.35. The quantitative estimate of drug-likeness (QED) is 0.577. The van der Waals surface area contributed by atoms with E-state index in [1.54, 1.807) is 14.0 Å². The monoisotopic (exact) mass is 384 g/mol. The van der Waals surface area contributed by atoms with Crippen molar-refractivity contribution in [2.75, 3.05) is 7.05 Å². The summed E-state index contributed by atoms with van der Waals surface area (Å²) < 4.78 is 0. The van der Waals surface area contributed by atoms with E-state index in [1.165, 1.54) is 10.5 Å². The second-order valence-electron chi connectivity index (χ2n) is 8.10. The summed E-state index contributed by atoms with van der Waals surface area (Å²) in [5, 5.41) is 2.66. The average molecular weight is 385 g/mol. The molecule has 3 amide bonds. The van der Waals surface area contributed by atoms with Crippen molar-refractivity contribution in [2.45, 2.75) is 53.9 Å². The highest BCUT2D eigenvalue weighted by atomic mass is 16.2. The van der Waals surface area contributed by atoms with Crippen molar-refractivity contribution >= 4 is 17.7 Å². The lowest BCUT2D eigenvalue weighted by Gasteiger charge is -2.27. The maximum atomic E-state index is 12.9. The number of fused-ring (bicyclic) bond motifs is 1. The van der Waals surface area contributed by atoms with Crippen LogP contribution < -0.4 is 5.32 Å². The molecule has 0 aromatic heterocycles. The van der Waals surface area contributed by atoms with Crippen LogP contribution in [0, 0.1) is 17.8 Å². The van der Waals surface area contributed by atoms with Gasteiger partial charge in [-0.3, -0.25) is 19.3 Å². The van der Waals surface area contributed by atoms with Gasteiger partial charge in [0, 0.05) is 18.7 Å². The Balaban J connectivity index is 2.18. The van der Waals surface area contributed by atoms with Crippen LogP contribution in [0.3, 0.4) is 0 Å². The number of carbonyl (C=O) groups is 3. The van der Waals surface area contributed by atoms with Crippen molar-refractivity contribution in [3.05, 3.63) is 46.7 Å². The van der Waals surface area contributed by atoms with Gasteiger partial charge in [0.05, 0.1) is 11.8 Å². The van der Waals surface area contributed by atoms with Gasteiger partial charge >= 0.3 is 0 Å². The molecule has 0 spiro atoms. The fraction of sp³-hybridized carbons (Fsp3) is 0.522. The summed E-state index contributed by atoms with van der Waals surface area (Å²) in [6.45, 7) is 9.93. The van der Waals surface area contributed by atoms with E-state index in [1.807, 2.05) is 39.8 Å². The van der Waals surface area contributed by atoms with Crippen LogP contribution in [0.4, 0.5) is 0 Å². The third kappa shape index (κ3) is 4.70. The molecule has 1 saturated carbocycles. The van der Waals surface area contributed by atoms with Crippen LogP contribution in [0.1, 0.15) is 53.9 Å². The molecule has 28 heavy (non-hydrogen) atoms. The average Bonchev–Trinajstić information content (AvgIpc) is 2.93. The number of imide groups is 1. The predicted octanol–water partition coefficient (Wildman–Crippen LogP) is 3.90. The summed E-state index contributed by atoms with van der Waals surface area (Å²) in [6, 6.07) is 0. The maximum absolute atomic E-state index is 12.9. The highest BCUT2D eigenvalue weighted by Gasteiger charge is 2.51. The first-order valence-electron chi connectivity index (χ1n) is 9.94. The van der Waals surface area contributed by atoms with Gasteiger partial charge < -0.3 is 5.32 Å². The van der Waals surface area contributed by atoms with E-state index in [9.17, 15) is 14.4 Å². The standard InChI is InChI=1S/C23H32N2O3/c1-14(2)7-8-15(3)16(4)9-10-17(5)25-22(27)19-12-11-18(21(26)24-6)13-20(19)23(25)28/h7-10,18-20H,11-13H2,1-6H3,(H,24,26)/b15-8+,16-9+,17-10+. The van der Waals surface area contributed by atoms with Gasteiger partial charge in [-0.1, -0.05) is 23.8 Å². The fourth-order valence-corrected chi connectivity index (χ4v) is 3.84. The van der Waals surface area contributed by atoms with Crippen molar-refractivity contribution < 1.29 is 14.4 Å². The molecular formula is C23H32N2O3. The molecule has 0 bridgehead atoms. The predicted molar refractivity (Wildman–Crippen MR) is 111 cm³/mol. The highest BCUT2D eigenvalue weighted by molar-refractivity contribution is 6.07. The van der Waals surface area contributed by atoms with Gasteiger partial charge in [0.25, 0.3) is 0 Å². The first kappa shape index (κ1) is 21.9. The van der Waals surface area contributed by atoms with E-state index < -0.39 is 0 Å². The number of likely N-dealkylation sites (tertiary alicyclic amines) is 1. The molecule has 2 rings (SSSR count). The van der Waals surface area contributed by atoms with Crippen LogP contribution in [0.25, 0.3) is 0 Å². The van der Waals surface area contributed by atoms with Crippen molar-refractivity contribution in [3.63, 3.8) is 0 Å². The Morgan fingerprint density at radius 2 is 1.46 bits per heavy atom. The highest BCUT2D eigenvalue weighted by Crippen LogP contribution is 2.42. The summed E-state index contributed by atoms with van der Waals surface area (Å²) >= 11 is 0. The molecule has 152 valence electrons. The Labute approximate surface area is 168 Å². The first-order valence-corrected chi connectivity index (χ1v) is 9.94. The molecule has 2 aliphatic rings. The molecule has 0 aromatic carbocycles. The molecule has 2 fully saturated rings. The lowest BCUT2D eigenvalue weighted by atomic mass is 9.75. The molecule has 1 aliphatic carbocycles. The van der Waals surface area contributed by atoms with Crippen LogP contribution in [0.15, 0.2) is 46.7 Å². The minimum absolute atomic E-state index is 0.0402. The number of rotatable bonds is 5. The third-order valence-corrected chi connectivity index (χ3v) is 5.76. The summed E-state index contributed by atoms with van der Waals surface area (Å²) in [5.74, 6) is -1.18. The zero-order valence-corrected chi connectivity index (χ0v) is 17.8. The number of amides is 3.